The lowest BCUT2D eigenvalue weighted by molar-refractivity contribution is -0.150. The molecule has 1 aromatic carbocycles. The fourth-order valence-electron chi connectivity index (χ4n) is 1.59. The second-order valence-electron chi connectivity index (χ2n) is 4.33. The summed E-state index contributed by atoms with van der Waals surface area (Å²) in [5.74, 6) is 0.327. The van der Waals surface area contributed by atoms with Crippen LogP contribution in [-0.4, -0.2) is 18.7 Å². The number of rotatable bonds is 5. The number of hydrogen-bond acceptors (Lipinski definition) is 4. The van der Waals surface area contributed by atoms with Crippen LogP contribution >= 0.6 is 0 Å². The van der Waals surface area contributed by atoms with Crippen LogP contribution in [0.2, 0.25) is 0 Å². The predicted molar refractivity (Wildman–Crippen MR) is 70.5 cm³/mol. The Morgan fingerprint density at radius 2 is 2.06 bits per heavy atom. The van der Waals surface area contributed by atoms with E-state index in [1.165, 1.54) is 0 Å². The molecule has 4 nitrogen and oxygen atoms in total. The number of carbonyl (C=O) groups is 1. The van der Waals surface area contributed by atoms with Crippen molar-refractivity contribution in [1.29, 1.82) is 0 Å². The number of ether oxygens (including phenoxy) is 2. The zero-order valence-corrected chi connectivity index (χ0v) is 11.4. The molecule has 0 aliphatic carbocycles. The lowest BCUT2D eigenvalue weighted by Gasteiger charge is -2.16. The molecule has 0 saturated carbocycles. The Balaban J connectivity index is 2.76. The van der Waals surface area contributed by atoms with Crippen LogP contribution in [0.5, 0.6) is 5.75 Å². The van der Waals surface area contributed by atoms with Crippen LogP contribution in [0.25, 0.3) is 0 Å². The van der Waals surface area contributed by atoms with Gasteiger partial charge in [0, 0.05) is 6.04 Å². The molecule has 0 saturated heterocycles. The zero-order valence-electron chi connectivity index (χ0n) is 11.4. The summed E-state index contributed by atoms with van der Waals surface area (Å²) in [6.45, 7) is 7.66. The van der Waals surface area contributed by atoms with Gasteiger partial charge >= 0.3 is 5.97 Å². The highest BCUT2D eigenvalue weighted by Gasteiger charge is 2.16. The summed E-state index contributed by atoms with van der Waals surface area (Å²) in [7, 11) is 0. The van der Waals surface area contributed by atoms with Crippen molar-refractivity contribution in [3.8, 4) is 5.75 Å². The molecule has 0 bridgehead atoms. The monoisotopic (exact) mass is 251 g/mol. The number of hydrogen-bond donors (Lipinski definition) is 1. The van der Waals surface area contributed by atoms with E-state index in [1.807, 2.05) is 32.0 Å². The van der Waals surface area contributed by atoms with Crippen molar-refractivity contribution in [2.75, 3.05) is 6.61 Å². The van der Waals surface area contributed by atoms with Crippen LogP contribution in [0.15, 0.2) is 18.2 Å². The number of esters is 1. The van der Waals surface area contributed by atoms with Crippen LogP contribution in [-0.2, 0) is 9.53 Å². The van der Waals surface area contributed by atoms with E-state index in [1.54, 1.807) is 13.8 Å². The molecule has 18 heavy (non-hydrogen) atoms. The van der Waals surface area contributed by atoms with Crippen molar-refractivity contribution in [1.82, 2.24) is 0 Å². The number of aryl methyl sites for hydroxylation is 1. The van der Waals surface area contributed by atoms with Crippen molar-refractivity contribution in [2.45, 2.75) is 39.8 Å². The van der Waals surface area contributed by atoms with Crippen LogP contribution in [0, 0.1) is 6.92 Å². The summed E-state index contributed by atoms with van der Waals surface area (Å²) in [4.78, 5) is 11.5. The fraction of sp³-hybridized carbons (Fsp3) is 0.500. The van der Waals surface area contributed by atoms with Gasteiger partial charge in [0.15, 0.2) is 6.10 Å². The molecule has 0 radical (unpaired) electrons. The predicted octanol–water partition coefficient (Wildman–Crippen LogP) is 2.35. The van der Waals surface area contributed by atoms with E-state index in [0.717, 1.165) is 11.1 Å². The van der Waals surface area contributed by atoms with Gasteiger partial charge in [0.2, 0.25) is 0 Å². The van der Waals surface area contributed by atoms with Gasteiger partial charge in [-0.05, 0) is 44.9 Å². The smallest absolute Gasteiger partial charge is 0.347 e. The molecule has 1 rings (SSSR count). The molecule has 0 aliphatic rings. The van der Waals surface area contributed by atoms with Crippen molar-refractivity contribution in [3.05, 3.63) is 29.3 Å². The van der Waals surface area contributed by atoms with Gasteiger partial charge in [0.05, 0.1) is 6.61 Å². The third-order valence-electron chi connectivity index (χ3n) is 2.65. The minimum atomic E-state index is -0.607. The fourth-order valence-corrected chi connectivity index (χ4v) is 1.59. The van der Waals surface area contributed by atoms with Gasteiger partial charge in [-0.3, -0.25) is 0 Å². The summed E-state index contributed by atoms with van der Waals surface area (Å²) in [5, 5.41) is 0. The molecule has 0 heterocycles. The van der Waals surface area contributed by atoms with Crippen LogP contribution in [0.3, 0.4) is 0 Å². The Morgan fingerprint density at radius 3 is 2.56 bits per heavy atom. The average molecular weight is 251 g/mol. The van der Waals surface area contributed by atoms with Gasteiger partial charge in [-0.25, -0.2) is 4.79 Å². The molecule has 1 aromatic rings. The Bertz CT molecular complexity index is 416. The van der Waals surface area contributed by atoms with Crippen LogP contribution < -0.4 is 10.5 Å². The lowest BCUT2D eigenvalue weighted by atomic mass is 10.1. The third kappa shape index (κ3) is 3.74. The molecule has 2 atom stereocenters. The van der Waals surface area contributed by atoms with Crippen molar-refractivity contribution < 1.29 is 14.3 Å². The molecule has 0 fully saturated rings. The minimum Gasteiger partial charge on any atom is -0.479 e. The van der Waals surface area contributed by atoms with Crippen LogP contribution in [0.1, 0.15) is 37.9 Å². The van der Waals surface area contributed by atoms with Crippen molar-refractivity contribution in [2.24, 2.45) is 5.73 Å². The van der Waals surface area contributed by atoms with E-state index >= 15 is 0 Å². The normalized spacial score (nSPS) is 13.8. The maximum atomic E-state index is 11.5. The molecule has 0 amide bonds. The molecule has 1 unspecified atom stereocenters. The van der Waals surface area contributed by atoms with Crippen molar-refractivity contribution >= 4 is 5.97 Å². The summed E-state index contributed by atoms with van der Waals surface area (Å²) < 4.78 is 10.5. The van der Waals surface area contributed by atoms with E-state index in [-0.39, 0.29) is 12.0 Å². The van der Waals surface area contributed by atoms with Gasteiger partial charge in [-0.1, -0.05) is 12.1 Å². The number of benzene rings is 1. The molecule has 4 heteroatoms. The maximum absolute atomic E-state index is 11.5. The highest BCUT2D eigenvalue weighted by molar-refractivity contribution is 5.74. The van der Waals surface area contributed by atoms with Crippen molar-refractivity contribution in [3.63, 3.8) is 0 Å². The Kier molecular flexibility index (Phi) is 5.16. The van der Waals surface area contributed by atoms with Gasteiger partial charge in [-0.2, -0.15) is 0 Å². The summed E-state index contributed by atoms with van der Waals surface area (Å²) in [5.41, 5.74) is 7.81. The number of carbonyl (C=O) groups excluding carboxylic acids is 1. The second-order valence-corrected chi connectivity index (χ2v) is 4.33. The average Bonchev–Trinajstić information content (AvgIpc) is 2.31. The van der Waals surface area contributed by atoms with Gasteiger partial charge in [0.1, 0.15) is 5.75 Å². The second kappa shape index (κ2) is 6.40. The lowest BCUT2D eigenvalue weighted by Crippen LogP contribution is -2.26. The SMILES string of the molecule is CCOC(=O)C(C)Oc1ccc([C@H](C)N)cc1C. The van der Waals surface area contributed by atoms with Gasteiger partial charge in [-0.15, -0.1) is 0 Å². The Morgan fingerprint density at radius 1 is 1.39 bits per heavy atom. The molecular weight excluding hydrogens is 230 g/mol. The molecule has 0 aromatic heterocycles. The molecule has 0 spiro atoms. The number of nitrogens with two attached hydrogens (primary N) is 1. The Hall–Kier alpha value is -1.55. The topological polar surface area (TPSA) is 61.5 Å². The van der Waals surface area contributed by atoms with Gasteiger partial charge in [0.25, 0.3) is 0 Å². The van der Waals surface area contributed by atoms with Gasteiger partial charge < -0.3 is 15.2 Å². The third-order valence-corrected chi connectivity index (χ3v) is 2.65. The zero-order chi connectivity index (χ0) is 13.7. The molecule has 100 valence electrons. The first-order chi connectivity index (χ1) is 8.45. The molecule has 0 aliphatic heterocycles. The highest BCUT2D eigenvalue weighted by Crippen LogP contribution is 2.23. The molecule has 2 N–H and O–H groups in total. The summed E-state index contributed by atoms with van der Waals surface area (Å²) in [6, 6.07) is 5.70. The summed E-state index contributed by atoms with van der Waals surface area (Å²) in [6.07, 6.45) is -0.607. The first-order valence-electron chi connectivity index (χ1n) is 6.15. The minimum absolute atomic E-state index is 0.0137. The van der Waals surface area contributed by atoms with E-state index in [2.05, 4.69) is 0 Å². The van der Waals surface area contributed by atoms with E-state index in [4.69, 9.17) is 15.2 Å². The highest BCUT2D eigenvalue weighted by atomic mass is 16.6. The standard InChI is InChI=1S/C14H21NO3/c1-5-17-14(16)11(4)18-13-7-6-12(10(3)15)8-9(13)2/h6-8,10-11H,5,15H2,1-4H3/t10-,11?/m0/s1. The first kappa shape index (κ1) is 14.5. The van der Waals surface area contributed by atoms with E-state index < -0.39 is 6.10 Å². The molecular formula is C14H21NO3. The first-order valence-corrected chi connectivity index (χ1v) is 6.15. The van der Waals surface area contributed by atoms with Crippen LogP contribution in [0.4, 0.5) is 0 Å². The quantitative estimate of drug-likeness (QED) is 0.816. The van der Waals surface area contributed by atoms with E-state index in [0.29, 0.717) is 12.4 Å². The Labute approximate surface area is 108 Å². The largest absolute Gasteiger partial charge is 0.479 e. The summed E-state index contributed by atoms with van der Waals surface area (Å²) >= 11 is 0. The van der Waals surface area contributed by atoms with E-state index in [9.17, 15) is 4.79 Å². The maximum Gasteiger partial charge on any atom is 0.347 e.